The van der Waals surface area contributed by atoms with Crippen molar-refractivity contribution in [2.75, 3.05) is 20.2 Å². The number of carbonyl (C=O) groups excluding carboxylic acids is 1. The Labute approximate surface area is 218 Å². The summed E-state index contributed by atoms with van der Waals surface area (Å²) in [6.45, 7) is 1.53. The van der Waals surface area contributed by atoms with E-state index in [1.54, 1.807) is 7.11 Å². The Morgan fingerprint density at radius 1 is 1.03 bits per heavy atom. The Morgan fingerprint density at radius 2 is 1.68 bits per heavy atom. The number of ketones is 1. The largest absolute Gasteiger partial charge is 0.497 e. The fraction of sp³-hybridized carbons (Fsp3) is 0.333. The average molecular weight is 520 g/mol. The van der Waals surface area contributed by atoms with E-state index < -0.39 is 17.2 Å². The average Bonchev–Trinajstić information content (AvgIpc) is 3.57. The standard InChI is InChI=1S/C30H28F3N3O2/c1-38-24-11-8-20(9-12-24)19-2-6-22(7-3-19)28-35-25-13-10-23(30(31,32)33)16-26(25)36(28)18-29(14-15-34-17-29)27(37)21-4-5-21/h2-3,6-13,16,21,34H,4-5,14-15,17-18H2,1H3/t29-/m0/s1. The van der Waals surface area contributed by atoms with E-state index in [1.807, 2.05) is 53.1 Å². The van der Waals surface area contributed by atoms with Crippen molar-refractivity contribution in [2.24, 2.45) is 11.3 Å². The Morgan fingerprint density at radius 3 is 2.26 bits per heavy atom. The molecule has 38 heavy (non-hydrogen) atoms. The number of hydrogen-bond donors (Lipinski definition) is 1. The van der Waals surface area contributed by atoms with Crippen LogP contribution in [0.4, 0.5) is 13.2 Å². The monoisotopic (exact) mass is 519 g/mol. The first-order chi connectivity index (χ1) is 18.3. The zero-order valence-corrected chi connectivity index (χ0v) is 21.0. The lowest BCUT2D eigenvalue weighted by atomic mass is 9.80. The van der Waals surface area contributed by atoms with Crippen LogP contribution in [0, 0.1) is 11.3 Å². The van der Waals surface area contributed by atoms with Gasteiger partial charge in [-0.05, 0) is 67.3 Å². The van der Waals surface area contributed by atoms with Crippen LogP contribution in [0.25, 0.3) is 33.5 Å². The predicted molar refractivity (Wildman–Crippen MR) is 140 cm³/mol. The van der Waals surface area contributed by atoms with Gasteiger partial charge in [0.15, 0.2) is 0 Å². The van der Waals surface area contributed by atoms with E-state index in [0.717, 1.165) is 47.4 Å². The molecule has 196 valence electrons. The molecule has 0 unspecified atom stereocenters. The molecule has 6 rings (SSSR count). The molecule has 1 saturated heterocycles. The van der Waals surface area contributed by atoms with E-state index in [1.165, 1.54) is 6.07 Å². The topological polar surface area (TPSA) is 56.2 Å². The number of imidazole rings is 1. The zero-order chi connectivity index (χ0) is 26.5. The second-order valence-corrected chi connectivity index (χ2v) is 10.4. The Kier molecular flexibility index (Phi) is 6.02. The van der Waals surface area contributed by atoms with Crippen LogP contribution in [-0.2, 0) is 17.5 Å². The molecule has 0 radical (unpaired) electrons. The van der Waals surface area contributed by atoms with E-state index in [9.17, 15) is 18.0 Å². The molecular weight excluding hydrogens is 491 g/mol. The number of Topliss-reactive ketones (excluding diaryl/α,β-unsaturated/α-hetero) is 1. The number of alkyl halides is 3. The van der Waals surface area contributed by atoms with Crippen LogP contribution >= 0.6 is 0 Å². The Balaban J connectivity index is 1.44. The number of benzene rings is 3. The van der Waals surface area contributed by atoms with Crippen LogP contribution in [0.1, 0.15) is 24.8 Å². The molecule has 2 fully saturated rings. The summed E-state index contributed by atoms with van der Waals surface area (Å²) in [5.74, 6) is 1.61. The first-order valence-electron chi connectivity index (χ1n) is 12.8. The van der Waals surface area contributed by atoms with Crippen LogP contribution in [0.2, 0.25) is 0 Å². The maximum Gasteiger partial charge on any atom is 0.416 e. The normalized spacial score (nSPS) is 19.7. The van der Waals surface area contributed by atoms with Crippen molar-refractivity contribution in [2.45, 2.75) is 32.0 Å². The molecule has 1 N–H and O–H groups in total. The number of methoxy groups -OCH3 is 1. The third-order valence-electron chi connectivity index (χ3n) is 7.82. The highest BCUT2D eigenvalue weighted by molar-refractivity contribution is 5.90. The highest BCUT2D eigenvalue weighted by atomic mass is 19.4. The molecule has 1 atom stereocenters. The smallest absolute Gasteiger partial charge is 0.416 e. The highest BCUT2D eigenvalue weighted by Crippen LogP contribution is 2.43. The van der Waals surface area contributed by atoms with Gasteiger partial charge in [0.25, 0.3) is 0 Å². The van der Waals surface area contributed by atoms with Crippen molar-refractivity contribution in [1.82, 2.24) is 14.9 Å². The van der Waals surface area contributed by atoms with Crippen molar-refractivity contribution in [3.63, 3.8) is 0 Å². The molecule has 0 spiro atoms. The van der Waals surface area contributed by atoms with Crippen LogP contribution in [0.15, 0.2) is 66.7 Å². The lowest BCUT2D eigenvalue weighted by Gasteiger charge is -2.28. The second kappa shape index (κ2) is 9.27. The molecule has 1 aromatic heterocycles. The first-order valence-corrected chi connectivity index (χ1v) is 12.8. The minimum atomic E-state index is -4.47. The third kappa shape index (κ3) is 4.47. The fourth-order valence-corrected chi connectivity index (χ4v) is 5.52. The molecule has 2 heterocycles. The summed E-state index contributed by atoms with van der Waals surface area (Å²) in [5.41, 5.74) is 2.30. The van der Waals surface area contributed by atoms with E-state index >= 15 is 0 Å². The number of rotatable bonds is 7. The van der Waals surface area contributed by atoms with Crippen LogP contribution in [0.5, 0.6) is 5.75 Å². The third-order valence-corrected chi connectivity index (χ3v) is 7.82. The van der Waals surface area contributed by atoms with E-state index in [-0.39, 0.29) is 11.7 Å². The molecule has 5 nitrogen and oxygen atoms in total. The maximum absolute atomic E-state index is 13.7. The summed E-state index contributed by atoms with van der Waals surface area (Å²) in [6.07, 6.45) is -2.02. The lowest BCUT2D eigenvalue weighted by molar-refractivity contribution is -0.137. The van der Waals surface area contributed by atoms with Gasteiger partial charge in [-0.25, -0.2) is 4.98 Å². The molecule has 8 heteroatoms. The van der Waals surface area contributed by atoms with Crippen molar-refractivity contribution in [1.29, 1.82) is 0 Å². The number of nitrogens with one attached hydrogen (secondary N) is 1. The summed E-state index contributed by atoms with van der Waals surface area (Å²) in [4.78, 5) is 18.2. The predicted octanol–water partition coefficient (Wildman–Crippen LogP) is 6.36. The van der Waals surface area contributed by atoms with Gasteiger partial charge < -0.3 is 14.6 Å². The van der Waals surface area contributed by atoms with Crippen LogP contribution in [0.3, 0.4) is 0 Å². The van der Waals surface area contributed by atoms with Gasteiger partial charge in [-0.15, -0.1) is 0 Å². The first kappa shape index (κ1) is 24.7. The molecule has 2 aliphatic rings. The van der Waals surface area contributed by atoms with Gasteiger partial charge in [-0.3, -0.25) is 4.79 Å². The van der Waals surface area contributed by atoms with E-state index in [0.29, 0.717) is 42.9 Å². The molecule has 0 amide bonds. The van der Waals surface area contributed by atoms with Gasteiger partial charge in [-0.2, -0.15) is 13.2 Å². The van der Waals surface area contributed by atoms with Gasteiger partial charge in [0, 0.05) is 24.6 Å². The maximum atomic E-state index is 13.7. The van der Waals surface area contributed by atoms with Crippen molar-refractivity contribution in [3.8, 4) is 28.3 Å². The summed E-state index contributed by atoms with van der Waals surface area (Å²) in [7, 11) is 1.62. The molecule has 0 bridgehead atoms. The minimum Gasteiger partial charge on any atom is -0.497 e. The van der Waals surface area contributed by atoms with E-state index in [2.05, 4.69) is 5.32 Å². The van der Waals surface area contributed by atoms with E-state index in [4.69, 9.17) is 9.72 Å². The van der Waals surface area contributed by atoms with Gasteiger partial charge >= 0.3 is 6.18 Å². The van der Waals surface area contributed by atoms with Crippen molar-refractivity contribution >= 4 is 16.8 Å². The molecule has 3 aromatic carbocycles. The van der Waals surface area contributed by atoms with Crippen LogP contribution < -0.4 is 10.1 Å². The number of hydrogen-bond acceptors (Lipinski definition) is 4. The zero-order valence-electron chi connectivity index (χ0n) is 21.0. The van der Waals surface area contributed by atoms with Crippen molar-refractivity contribution < 1.29 is 22.7 Å². The number of fused-ring (bicyclic) bond motifs is 1. The van der Waals surface area contributed by atoms with Crippen molar-refractivity contribution in [3.05, 3.63) is 72.3 Å². The fourth-order valence-electron chi connectivity index (χ4n) is 5.52. The number of nitrogens with zero attached hydrogens (tertiary/aromatic N) is 2. The molecule has 1 aliphatic carbocycles. The molecule has 4 aromatic rings. The van der Waals surface area contributed by atoms with Gasteiger partial charge in [0.2, 0.25) is 0 Å². The summed E-state index contributed by atoms with van der Waals surface area (Å²) >= 11 is 0. The number of ether oxygens (including phenoxy) is 1. The second-order valence-electron chi connectivity index (χ2n) is 10.4. The summed E-state index contributed by atoms with van der Waals surface area (Å²) in [6, 6.07) is 19.2. The van der Waals surface area contributed by atoms with Gasteiger partial charge in [0.05, 0.1) is 29.1 Å². The molecular formula is C30H28F3N3O2. The van der Waals surface area contributed by atoms with Crippen LogP contribution in [-0.4, -0.2) is 35.5 Å². The Bertz CT molecular complexity index is 1480. The lowest BCUT2D eigenvalue weighted by Crippen LogP contribution is -2.39. The molecule has 1 saturated carbocycles. The summed E-state index contributed by atoms with van der Waals surface area (Å²) < 4.78 is 48.0. The van der Waals surface area contributed by atoms with Gasteiger partial charge in [0.1, 0.15) is 17.4 Å². The highest BCUT2D eigenvalue weighted by Gasteiger charge is 2.48. The quantitative estimate of drug-likeness (QED) is 0.309. The Hall–Kier alpha value is -3.65. The number of halogens is 3. The SMILES string of the molecule is COc1ccc(-c2ccc(-c3nc4ccc(C(F)(F)F)cc4n3C[C@]3(C(=O)C4CC4)CCNC3)cc2)cc1. The minimum absolute atomic E-state index is 0.0580. The molecule has 1 aliphatic heterocycles. The number of carbonyl (C=O) groups is 1. The number of aromatic nitrogens is 2. The van der Waals surface area contributed by atoms with Gasteiger partial charge in [-0.1, -0.05) is 36.4 Å². The summed E-state index contributed by atoms with van der Waals surface area (Å²) in [5, 5.41) is 3.32.